The molecule has 1 aromatic heterocycles. The number of esters is 1. The van der Waals surface area contributed by atoms with Gasteiger partial charge in [0.1, 0.15) is 6.04 Å². The number of carbonyl (C=O) groups excluding carboxylic acids is 3. The van der Waals surface area contributed by atoms with Crippen molar-refractivity contribution in [1.82, 2.24) is 15.1 Å². The van der Waals surface area contributed by atoms with Crippen molar-refractivity contribution in [3.8, 4) is 0 Å². The number of ether oxygens (including phenoxy) is 1. The minimum atomic E-state index is -0.872. The number of hydrogen-bond acceptors (Lipinski definition) is 5. The lowest BCUT2D eigenvalue weighted by Crippen LogP contribution is -2.43. The molecule has 0 spiro atoms. The second-order valence-electron chi connectivity index (χ2n) is 6.70. The average molecular weight is 405 g/mol. The first-order valence-corrected chi connectivity index (χ1v) is 9.13. The van der Waals surface area contributed by atoms with E-state index in [-0.39, 0.29) is 18.7 Å². The highest BCUT2D eigenvalue weighted by atomic mass is 35.5. The Labute approximate surface area is 167 Å². The summed E-state index contributed by atoms with van der Waals surface area (Å²) in [6, 6.07) is 4.18. The molecule has 0 radical (unpaired) electrons. The van der Waals surface area contributed by atoms with Gasteiger partial charge in [0.15, 0.2) is 0 Å². The summed E-state index contributed by atoms with van der Waals surface area (Å²) in [6.07, 6.45) is 1.80. The third-order valence-electron chi connectivity index (χ3n) is 4.93. The van der Waals surface area contributed by atoms with Crippen LogP contribution in [-0.2, 0) is 32.6 Å². The summed E-state index contributed by atoms with van der Waals surface area (Å²) in [5.74, 6) is -1.92. The van der Waals surface area contributed by atoms with Gasteiger partial charge in [0.05, 0.1) is 19.2 Å². The maximum Gasteiger partial charge on any atom is 0.328 e. The quantitative estimate of drug-likeness (QED) is 0.713. The predicted octanol–water partition coefficient (Wildman–Crippen LogP) is 1.71. The van der Waals surface area contributed by atoms with Gasteiger partial charge in [-0.15, -0.1) is 0 Å². The van der Waals surface area contributed by atoms with Gasteiger partial charge in [-0.2, -0.15) is 5.10 Å². The number of carbonyl (C=O) groups is 3. The van der Waals surface area contributed by atoms with Gasteiger partial charge in [0.25, 0.3) is 0 Å². The Balaban J connectivity index is 1.72. The highest BCUT2D eigenvalue weighted by Crippen LogP contribution is 2.36. The molecular weight excluding hydrogens is 384 g/mol. The highest BCUT2D eigenvalue weighted by Gasteiger charge is 2.33. The van der Waals surface area contributed by atoms with Crippen molar-refractivity contribution in [1.29, 1.82) is 0 Å². The van der Waals surface area contributed by atoms with E-state index < -0.39 is 23.8 Å². The number of aryl methyl sites for hydroxylation is 1. The minimum absolute atomic E-state index is 0.0985. The van der Waals surface area contributed by atoms with Crippen molar-refractivity contribution < 1.29 is 19.1 Å². The van der Waals surface area contributed by atoms with Crippen LogP contribution in [0.2, 0.25) is 5.02 Å². The number of benzene rings is 1. The molecule has 2 N–H and O–H groups in total. The summed E-state index contributed by atoms with van der Waals surface area (Å²) in [6.45, 7) is 1.88. The van der Waals surface area contributed by atoms with E-state index in [0.717, 1.165) is 11.3 Å². The van der Waals surface area contributed by atoms with Crippen molar-refractivity contribution in [2.75, 3.05) is 12.4 Å². The third-order valence-corrected chi connectivity index (χ3v) is 5.17. The van der Waals surface area contributed by atoms with Crippen LogP contribution in [-0.4, -0.2) is 40.7 Å². The number of amides is 2. The Morgan fingerprint density at radius 1 is 1.43 bits per heavy atom. The number of fused-ring (bicyclic) bond motifs is 1. The van der Waals surface area contributed by atoms with E-state index in [1.807, 2.05) is 6.92 Å². The van der Waals surface area contributed by atoms with Gasteiger partial charge >= 0.3 is 5.97 Å². The van der Waals surface area contributed by atoms with Crippen LogP contribution in [0.4, 0.5) is 5.69 Å². The van der Waals surface area contributed by atoms with Crippen LogP contribution < -0.4 is 10.6 Å². The van der Waals surface area contributed by atoms with Gasteiger partial charge in [0, 0.05) is 36.3 Å². The predicted molar refractivity (Wildman–Crippen MR) is 103 cm³/mol. The summed E-state index contributed by atoms with van der Waals surface area (Å²) >= 11 is 6.02. The molecule has 1 aromatic carbocycles. The van der Waals surface area contributed by atoms with E-state index >= 15 is 0 Å². The first kappa shape index (κ1) is 19.9. The standard InChI is InChI=1S/C19H21ClN4O4/c1-10-11(9-21-24(10)2)6-16(19(27)28-3)22-17(25)8-14-13-7-12(20)4-5-15(13)23-18(14)26/h4-5,7,9,14,16H,6,8H2,1-3H3,(H,22,25)(H,23,26). The monoisotopic (exact) mass is 404 g/mol. The molecule has 0 saturated carbocycles. The largest absolute Gasteiger partial charge is 0.467 e. The SMILES string of the molecule is COC(=O)C(Cc1cnn(C)c1C)NC(=O)CC1C(=O)Nc2ccc(Cl)cc21. The maximum atomic E-state index is 12.6. The zero-order valence-corrected chi connectivity index (χ0v) is 16.5. The second-order valence-corrected chi connectivity index (χ2v) is 7.14. The zero-order valence-electron chi connectivity index (χ0n) is 15.8. The van der Waals surface area contributed by atoms with Gasteiger partial charge in [-0.1, -0.05) is 11.6 Å². The number of nitrogens with one attached hydrogen (secondary N) is 2. The fourth-order valence-electron chi connectivity index (χ4n) is 3.24. The van der Waals surface area contributed by atoms with Crippen molar-refractivity contribution in [3.63, 3.8) is 0 Å². The highest BCUT2D eigenvalue weighted by molar-refractivity contribution is 6.31. The molecule has 0 bridgehead atoms. The molecule has 3 rings (SSSR count). The number of halogens is 1. The van der Waals surface area contributed by atoms with E-state index in [9.17, 15) is 14.4 Å². The van der Waals surface area contributed by atoms with Crippen molar-refractivity contribution in [2.45, 2.75) is 31.7 Å². The molecule has 2 atom stereocenters. The molecule has 2 amide bonds. The van der Waals surface area contributed by atoms with Crippen molar-refractivity contribution in [2.24, 2.45) is 7.05 Å². The topological polar surface area (TPSA) is 102 Å². The molecule has 0 fully saturated rings. The Morgan fingerprint density at radius 3 is 2.82 bits per heavy atom. The molecule has 2 unspecified atom stereocenters. The molecule has 2 heterocycles. The molecule has 0 saturated heterocycles. The summed E-state index contributed by atoms with van der Waals surface area (Å²) in [7, 11) is 3.06. The lowest BCUT2D eigenvalue weighted by molar-refractivity contribution is -0.145. The number of hydrogen-bond donors (Lipinski definition) is 2. The van der Waals surface area contributed by atoms with Crippen LogP contribution in [0.1, 0.15) is 29.2 Å². The van der Waals surface area contributed by atoms with E-state index in [1.165, 1.54) is 7.11 Å². The fraction of sp³-hybridized carbons (Fsp3) is 0.368. The molecule has 28 heavy (non-hydrogen) atoms. The molecule has 1 aliphatic rings. The Kier molecular flexibility index (Phi) is 5.69. The van der Waals surface area contributed by atoms with Crippen LogP contribution >= 0.6 is 11.6 Å². The van der Waals surface area contributed by atoms with E-state index in [4.69, 9.17) is 16.3 Å². The van der Waals surface area contributed by atoms with Crippen LogP contribution in [0.3, 0.4) is 0 Å². The normalized spacial score (nSPS) is 16.3. The maximum absolute atomic E-state index is 12.6. The summed E-state index contributed by atoms with van der Waals surface area (Å²) in [5.41, 5.74) is 3.03. The molecule has 0 aliphatic carbocycles. The zero-order chi connectivity index (χ0) is 20.4. The van der Waals surface area contributed by atoms with Gasteiger partial charge in [-0.25, -0.2) is 4.79 Å². The fourth-order valence-corrected chi connectivity index (χ4v) is 3.42. The van der Waals surface area contributed by atoms with Gasteiger partial charge in [0.2, 0.25) is 11.8 Å². The smallest absolute Gasteiger partial charge is 0.328 e. The summed E-state index contributed by atoms with van der Waals surface area (Å²) in [5, 5.41) is 10.1. The molecule has 1 aliphatic heterocycles. The Bertz CT molecular complexity index is 940. The minimum Gasteiger partial charge on any atom is -0.467 e. The van der Waals surface area contributed by atoms with Crippen LogP contribution in [0, 0.1) is 6.92 Å². The molecule has 2 aromatic rings. The number of anilines is 1. The molecular formula is C19H21ClN4O4. The Morgan fingerprint density at radius 2 is 2.18 bits per heavy atom. The van der Waals surface area contributed by atoms with Crippen LogP contribution in [0.25, 0.3) is 0 Å². The first-order valence-electron chi connectivity index (χ1n) is 8.75. The van der Waals surface area contributed by atoms with Crippen molar-refractivity contribution in [3.05, 3.63) is 46.2 Å². The van der Waals surface area contributed by atoms with Crippen LogP contribution in [0.5, 0.6) is 0 Å². The van der Waals surface area contributed by atoms with Gasteiger partial charge in [-0.05, 0) is 36.2 Å². The van der Waals surface area contributed by atoms with Crippen LogP contribution in [0.15, 0.2) is 24.4 Å². The lowest BCUT2D eigenvalue weighted by Gasteiger charge is -2.17. The lowest BCUT2D eigenvalue weighted by atomic mass is 9.96. The molecule has 148 valence electrons. The summed E-state index contributed by atoms with van der Waals surface area (Å²) in [4.78, 5) is 37.0. The van der Waals surface area contributed by atoms with Crippen molar-refractivity contribution >= 4 is 35.1 Å². The molecule has 8 nitrogen and oxygen atoms in total. The van der Waals surface area contributed by atoms with E-state index in [2.05, 4.69) is 15.7 Å². The molecule has 9 heteroatoms. The summed E-state index contributed by atoms with van der Waals surface area (Å²) < 4.78 is 6.51. The third kappa shape index (κ3) is 4.01. The number of nitrogens with zero attached hydrogens (tertiary/aromatic N) is 2. The number of aromatic nitrogens is 2. The van der Waals surface area contributed by atoms with E-state index in [0.29, 0.717) is 16.3 Å². The number of methoxy groups -OCH3 is 1. The van der Waals surface area contributed by atoms with Gasteiger partial charge in [-0.3, -0.25) is 14.3 Å². The first-order chi connectivity index (χ1) is 13.3. The van der Waals surface area contributed by atoms with E-state index in [1.54, 1.807) is 36.1 Å². The number of rotatable bonds is 6. The second kappa shape index (κ2) is 8.02. The average Bonchev–Trinajstić information content (AvgIpc) is 3.14. The Hall–Kier alpha value is -2.87. The van der Waals surface area contributed by atoms with Gasteiger partial charge < -0.3 is 15.4 Å².